The van der Waals surface area contributed by atoms with E-state index in [1.165, 1.54) is 12.1 Å². The lowest BCUT2D eigenvalue weighted by Gasteiger charge is -2.34. The van der Waals surface area contributed by atoms with E-state index in [1.54, 1.807) is 12.1 Å². The number of aryl methyl sites for hydroxylation is 3. The number of para-hydroxylation sites is 1. The van der Waals surface area contributed by atoms with Crippen LogP contribution in [0.5, 0.6) is 0 Å². The lowest BCUT2D eigenvalue weighted by atomic mass is 10.0. The lowest BCUT2D eigenvalue weighted by molar-refractivity contribution is -0.131. The molecule has 2 aromatic carbocycles. The number of aromatic nitrogens is 2. The highest BCUT2D eigenvalue weighted by Gasteiger charge is 2.25. The number of pyridine rings is 1. The number of rotatable bonds is 8. The van der Waals surface area contributed by atoms with Gasteiger partial charge in [0.05, 0.1) is 23.7 Å². The number of hydrogen-bond acceptors (Lipinski definition) is 6. The maximum Gasteiger partial charge on any atom is 0.227 e. The molecule has 1 aliphatic heterocycles. The van der Waals surface area contributed by atoms with Crippen LogP contribution in [-0.4, -0.2) is 51.8 Å². The summed E-state index contributed by atoms with van der Waals surface area (Å²) < 4.78 is 18.8. The molecule has 1 atom stereocenters. The quantitative estimate of drug-likeness (QED) is 0.343. The fourth-order valence-corrected chi connectivity index (χ4v) is 5.35. The zero-order valence-corrected chi connectivity index (χ0v) is 22.8. The van der Waals surface area contributed by atoms with E-state index in [0.29, 0.717) is 37.5 Å². The molecule has 0 saturated carbocycles. The molecule has 1 aliphatic rings. The van der Waals surface area contributed by atoms with E-state index < -0.39 is 6.10 Å². The number of piperidine rings is 1. The molecule has 2 aromatic heterocycles. The van der Waals surface area contributed by atoms with Crippen LogP contribution in [0.4, 0.5) is 10.2 Å². The summed E-state index contributed by atoms with van der Waals surface area (Å²) >= 11 is 0. The number of carbonyl (C=O) groups excluding carboxylic acids is 1. The zero-order valence-electron chi connectivity index (χ0n) is 22.8. The molecule has 8 heteroatoms. The number of aliphatic hydroxyl groups is 1. The van der Waals surface area contributed by atoms with E-state index in [-0.39, 0.29) is 18.1 Å². The van der Waals surface area contributed by atoms with Crippen molar-refractivity contribution < 1.29 is 18.8 Å². The Bertz CT molecular complexity index is 1450. The monoisotopic (exact) mass is 530 g/mol. The third-order valence-corrected chi connectivity index (χ3v) is 7.61. The number of amides is 1. The number of carbonyl (C=O) groups is 1. The predicted octanol–water partition coefficient (Wildman–Crippen LogP) is 5.06. The maximum absolute atomic E-state index is 13.8. The van der Waals surface area contributed by atoms with Gasteiger partial charge in [0.1, 0.15) is 17.4 Å². The van der Waals surface area contributed by atoms with Gasteiger partial charge in [-0.25, -0.2) is 9.37 Å². The van der Waals surface area contributed by atoms with Crippen LogP contribution < -0.4 is 4.90 Å². The van der Waals surface area contributed by atoms with E-state index in [4.69, 9.17) is 9.51 Å². The average molecular weight is 531 g/mol. The fraction of sp³-hybridized carbons (Fsp3) is 0.387. The summed E-state index contributed by atoms with van der Waals surface area (Å²) in [6.07, 6.45) is 2.02. The van der Waals surface area contributed by atoms with Crippen molar-refractivity contribution in [2.24, 2.45) is 0 Å². The van der Waals surface area contributed by atoms with Crippen LogP contribution in [0.15, 0.2) is 53.1 Å². The van der Waals surface area contributed by atoms with Gasteiger partial charge in [-0.15, -0.1) is 0 Å². The molecule has 3 heterocycles. The number of β-amino-alcohol motifs (C(OH)–C–C–N with tert-alkyl or cyclic N) is 1. The largest absolute Gasteiger partial charge is 0.391 e. The molecule has 0 aliphatic carbocycles. The van der Waals surface area contributed by atoms with Crippen LogP contribution in [0.2, 0.25) is 0 Å². The standard InChI is InChI=1S/C31H35FN4O3/c1-20-6-4-7-24-16-25(31(33-30(20)24)36-14-5-8-27(37)19-36)18-35(15-13-23-9-11-26(32)12-10-23)29(38)17-28-21(2)34-39-22(28)3/h4,6-7,9-12,16,27,37H,5,8,13-15,17-19H2,1-3H3/t27-/m1/s1. The van der Waals surface area contributed by atoms with Gasteiger partial charge >= 0.3 is 0 Å². The number of halogens is 1. The highest BCUT2D eigenvalue weighted by Crippen LogP contribution is 2.29. The lowest BCUT2D eigenvalue weighted by Crippen LogP contribution is -2.40. The van der Waals surface area contributed by atoms with Crippen molar-refractivity contribution in [3.05, 3.63) is 88.1 Å². The molecule has 7 nitrogen and oxygen atoms in total. The summed E-state index contributed by atoms with van der Waals surface area (Å²) in [7, 11) is 0. The SMILES string of the molecule is Cc1noc(C)c1CC(=O)N(CCc1ccc(F)cc1)Cc1cc2cccc(C)c2nc1N1CCC[C@@H](O)C1. The molecule has 204 valence electrons. The zero-order chi connectivity index (χ0) is 27.5. The van der Waals surface area contributed by atoms with Crippen molar-refractivity contribution in [1.82, 2.24) is 15.0 Å². The van der Waals surface area contributed by atoms with Crippen molar-refractivity contribution in [1.29, 1.82) is 0 Å². The van der Waals surface area contributed by atoms with Gasteiger partial charge in [-0.3, -0.25) is 4.79 Å². The highest BCUT2D eigenvalue weighted by molar-refractivity contribution is 5.85. The first-order valence-electron chi connectivity index (χ1n) is 13.5. The van der Waals surface area contributed by atoms with Crippen molar-refractivity contribution in [3.8, 4) is 0 Å². The second-order valence-electron chi connectivity index (χ2n) is 10.5. The summed E-state index contributed by atoms with van der Waals surface area (Å²) in [4.78, 5) is 22.9. The third-order valence-electron chi connectivity index (χ3n) is 7.61. The van der Waals surface area contributed by atoms with E-state index in [2.05, 4.69) is 16.1 Å². The first-order valence-corrected chi connectivity index (χ1v) is 13.5. The van der Waals surface area contributed by atoms with Gasteiger partial charge in [-0.2, -0.15) is 0 Å². The molecule has 5 rings (SSSR count). The Morgan fingerprint density at radius 3 is 2.69 bits per heavy atom. The molecule has 1 fully saturated rings. The number of nitrogens with zero attached hydrogens (tertiary/aromatic N) is 4. The normalized spacial score (nSPS) is 15.6. The minimum Gasteiger partial charge on any atom is -0.391 e. The smallest absolute Gasteiger partial charge is 0.227 e. The number of hydrogen-bond donors (Lipinski definition) is 1. The van der Waals surface area contributed by atoms with Gasteiger partial charge in [0, 0.05) is 42.7 Å². The van der Waals surface area contributed by atoms with Crippen LogP contribution in [0.25, 0.3) is 10.9 Å². The molecular weight excluding hydrogens is 495 g/mol. The van der Waals surface area contributed by atoms with Crippen LogP contribution in [0.3, 0.4) is 0 Å². The first-order chi connectivity index (χ1) is 18.8. The number of fused-ring (bicyclic) bond motifs is 1. The Labute approximate surface area is 228 Å². The molecule has 0 spiro atoms. The van der Waals surface area contributed by atoms with E-state index in [1.807, 2.05) is 43.9 Å². The average Bonchev–Trinajstić information content (AvgIpc) is 3.23. The third kappa shape index (κ3) is 6.11. The Kier molecular flexibility index (Phi) is 7.93. The van der Waals surface area contributed by atoms with Gasteiger partial charge < -0.3 is 19.4 Å². The number of aliphatic hydroxyl groups excluding tert-OH is 1. The molecule has 0 bridgehead atoms. The Morgan fingerprint density at radius 1 is 1.18 bits per heavy atom. The van der Waals surface area contributed by atoms with E-state index in [9.17, 15) is 14.3 Å². The Morgan fingerprint density at radius 2 is 1.97 bits per heavy atom. The Balaban J connectivity index is 1.50. The molecule has 1 saturated heterocycles. The van der Waals surface area contributed by atoms with Crippen molar-refractivity contribution >= 4 is 22.6 Å². The minimum absolute atomic E-state index is 0.0412. The number of benzene rings is 2. The van der Waals surface area contributed by atoms with E-state index in [0.717, 1.165) is 58.4 Å². The van der Waals surface area contributed by atoms with Gasteiger partial charge in [0.25, 0.3) is 0 Å². The first kappa shape index (κ1) is 26.8. The molecule has 0 unspecified atom stereocenters. The van der Waals surface area contributed by atoms with E-state index >= 15 is 0 Å². The molecule has 39 heavy (non-hydrogen) atoms. The van der Waals surface area contributed by atoms with Crippen molar-refractivity contribution in [2.75, 3.05) is 24.5 Å². The van der Waals surface area contributed by atoms with Gasteiger partial charge in [-0.05, 0) is 69.4 Å². The van der Waals surface area contributed by atoms with Gasteiger partial charge in [0.2, 0.25) is 5.91 Å². The number of anilines is 1. The van der Waals surface area contributed by atoms with Crippen LogP contribution in [0, 0.1) is 26.6 Å². The molecule has 1 N–H and O–H groups in total. The van der Waals surface area contributed by atoms with Gasteiger partial charge in [-0.1, -0.05) is 35.5 Å². The van der Waals surface area contributed by atoms with Crippen molar-refractivity contribution in [3.63, 3.8) is 0 Å². The highest BCUT2D eigenvalue weighted by atomic mass is 19.1. The predicted molar refractivity (Wildman–Crippen MR) is 149 cm³/mol. The summed E-state index contributed by atoms with van der Waals surface area (Å²) in [5.41, 5.74) is 5.42. The Hall–Kier alpha value is -3.78. The summed E-state index contributed by atoms with van der Waals surface area (Å²) in [6, 6.07) is 14.6. The van der Waals surface area contributed by atoms with Crippen LogP contribution in [-0.2, 0) is 24.2 Å². The molecule has 4 aromatic rings. The molecular formula is C31H35FN4O3. The fourth-order valence-electron chi connectivity index (χ4n) is 5.35. The summed E-state index contributed by atoms with van der Waals surface area (Å²) in [5, 5.41) is 15.5. The van der Waals surface area contributed by atoms with Gasteiger partial charge in [0.15, 0.2) is 0 Å². The topological polar surface area (TPSA) is 82.7 Å². The van der Waals surface area contributed by atoms with Crippen LogP contribution >= 0.6 is 0 Å². The van der Waals surface area contributed by atoms with Crippen LogP contribution in [0.1, 0.15) is 46.5 Å². The van der Waals surface area contributed by atoms with Crippen molar-refractivity contribution in [2.45, 2.75) is 59.1 Å². The maximum atomic E-state index is 13.8. The molecule has 1 amide bonds. The summed E-state index contributed by atoms with van der Waals surface area (Å²) in [5.74, 6) is 1.13. The molecule has 0 radical (unpaired) electrons. The summed E-state index contributed by atoms with van der Waals surface area (Å²) in [6.45, 7) is 7.85. The second-order valence-corrected chi connectivity index (χ2v) is 10.5. The second kappa shape index (κ2) is 11.5. The minimum atomic E-state index is -0.406.